The van der Waals surface area contributed by atoms with E-state index in [-0.39, 0.29) is 5.92 Å². The van der Waals surface area contributed by atoms with Gasteiger partial charge in [0.25, 0.3) is 0 Å². The Kier molecular flexibility index (Phi) is 3.82. The first kappa shape index (κ1) is 11.9. The zero-order valence-electron chi connectivity index (χ0n) is 9.98. The van der Waals surface area contributed by atoms with Gasteiger partial charge in [-0.25, -0.2) is 0 Å². The SMILES string of the molecule is CC1CCN([C@H]2CNC[C@H](C(=O)O)C2)CC1. The summed E-state index contributed by atoms with van der Waals surface area (Å²) in [5.74, 6) is -0.0104. The minimum Gasteiger partial charge on any atom is -0.481 e. The van der Waals surface area contributed by atoms with Crippen molar-refractivity contribution in [1.29, 1.82) is 0 Å². The first-order valence-electron chi connectivity index (χ1n) is 6.34. The molecule has 4 heteroatoms. The van der Waals surface area contributed by atoms with Crippen molar-refractivity contribution in [3.05, 3.63) is 0 Å². The molecule has 92 valence electrons. The van der Waals surface area contributed by atoms with Gasteiger partial charge in [0.15, 0.2) is 0 Å². The molecule has 2 fully saturated rings. The first-order valence-corrected chi connectivity index (χ1v) is 6.34. The highest BCUT2D eigenvalue weighted by atomic mass is 16.4. The molecule has 0 aromatic rings. The Balaban J connectivity index is 1.87. The van der Waals surface area contributed by atoms with Gasteiger partial charge < -0.3 is 10.4 Å². The lowest BCUT2D eigenvalue weighted by Gasteiger charge is -2.40. The number of aliphatic carboxylic acids is 1. The van der Waals surface area contributed by atoms with Crippen molar-refractivity contribution in [2.45, 2.75) is 32.2 Å². The van der Waals surface area contributed by atoms with E-state index in [2.05, 4.69) is 17.1 Å². The monoisotopic (exact) mass is 226 g/mol. The molecule has 0 aromatic heterocycles. The Morgan fingerprint density at radius 3 is 2.62 bits per heavy atom. The molecule has 0 spiro atoms. The number of hydrogen-bond acceptors (Lipinski definition) is 3. The number of rotatable bonds is 2. The van der Waals surface area contributed by atoms with E-state index in [1.165, 1.54) is 12.8 Å². The standard InChI is InChI=1S/C12H22N2O2/c1-9-2-4-14(5-3-9)11-6-10(12(15)16)7-13-8-11/h9-11,13H,2-8H2,1H3,(H,15,16)/t10-,11-/m1/s1. The van der Waals surface area contributed by atoms with Crippen LogP contribution in [-0.2, 0) is 4.79 Å². The number of carboxylic acid groups (broad SMARTS) is 1. The van der Waals surface area contributed by atoms with E-state index in [1.807, 2.05) is 0 Å². The number of hydrogen-bond donors (Lipinski definition) is 2. The van der Waals surface area contributed by atoms with E-state index >= 15 is 0 Å². The summed E-state index contributed by atoms with van der Waals surface area (Å²) in [5, 5.41) is 12.3. The summed E-state index contributed by atoms with van der Waals surface area (Å²) in [6.45, 7) is 6.17. The maximum absolute atomic E-state index is 11.0. The van der Waals surface area contributed by atoms with E-state index in [0.29, 0.717) is 12.6 Å². The van der Waals surface area contributed by atoms with Crippen molar-refractivity contribution in [2.24, 2.45) is 11.8 Å². The zero-order valence-corrected chi connectivity index (χ0v) is 9.98. The fraction of sp³-hybridized carbons (Fsp3) is 0.917. The second kappa shape index (κ2) is 5.15. The van der Waals surface area contributed by atoms with Crippen LogP contribution in [0.4, 0.5) is 0 Å². The predicted molar refractivity (Wildman–Crippen MR) is 62.4 cm³/mol. The van der Waals surface area contributed by atoms with Gasteiger partial charge in [-0.2, -0.15) is 0 Å². The summed E-state index contributed by atoms with van der Waals surface area (Å²) in [7, 11) is 0. The molecule has 2 rings (SSSR count). The highest BCUT2D eigenvalue weighted by molar-refractivity contribution is 5.70. The number of piperidine rings is 2. The molecular weight excluding hydrogens is 204 g/mol. The third kappa shape index (κ3) is 2.74. The largest absolute Gasteiger partial charge is 0.481 e. The molecule has 0 unspecified atom stereocenters. The number of likely N-dealkylation sites (tertiary alicyclic amines) is 1. The third-order valence-electron chi connectivity index (χ3n) is 4.01. The van der Waals surface area contributed by atoms with Gasteiger partial charge in [0.1, 0.15) is 0 Å². The molecule has 0 aliphatic carbocycles. The van der Waals surface area contributed by atoms with Gasteiger partial charge in [0, 0.05) is 19.1 Å². The van der Waals surface area contributed by atoms with Gasteiger partial charge in [-0.05, 0) is 38.3 Å². The molecule has 2 N–H and O–H groups in total. The molecule has 2 heterocycles. The molecule has 2 aliphatic rings. The number of carbonyl (C=O) groups is 1. The Morgan fingerprint density at radius 2 is 2.00 bits per heavy atom. The second-order valence-corrected chi connectivity index (χ2v) is 5.30. The van der Waals surface area contributed by atoms with Crippen LogP contribution in [0.2, 0.25) is 0 Å². The summed E-state index contributed by atoms with van der Waals surface area (Å²) in [6.07, 6.45) is 3.33. The van der Waals surface area contributed by atoms with Gasteiger partial charge in [0.05, 0.1) is 5.92 Å². The van der Waals surface area contributed by atoms with Crippen molar-refractivity contribution in [1.82, 2.24) is 10.2 Å². The van der Waals surface area contributed by atoms with Crippen LogP contribution in [0, 0.1) is 11.8 Å². The van der Waals surface area contributed by atoms with E-state index < -0.39 is 5.97 Å². The lowest BCUT2D eigenvalue weighted by Crippen LogP contribution is -2.52. The molecule has 2 aliphatic heterocycles. The molecule has 2 saturated heterocycles. The molecule has 0 bridgehead atoms. The highest BCUT2D eigenvalue weighted by Gasteiger charge is 2.31. The maximum atomic E-state index is 11.0. The van der Waals surface area contributed by atoms with Gasteiger partial charge in [-0.1, -0.05) is 6.92 Å². The van der Waals surface area contributed by atoms with Crippen LogP contribution >= 0.6 is 0 Å². The average Bonchev–Trinajstić information content (AvgIpc) is 2.30. The Hall–Kier alpha value is -0.610. The summed E-state index contributed by atoms with van der Waals surface area (Å²) < 4.78 is 0. The quantitative estimate of drug-likeness (QED) is 0.730. The summed E-state index contributed by atoms with van der Waals surface area (Å²) >= 11 is 0. The van der Waals surface area contributed by atoms with Crippen LogP contribution in [0.5, 0.6) is 0 Å². The van der Waals surface area contributed by atoms with E-state index in [4.69, 9.17) is 5.11 Å². The van der Waals surface area contributed by atoms with E-state index in [0.717, 1.165) is 32.0 Å². The molecule has 4 nitrogen and oxygen atoms in total. The highest BCUT2D eigenvalue weighted by Crippen LogP contribution is 2.22. The number of carboxylic acids is 1. The van der Waals surface area contributed by atoms with Crippen molar-refractivity contribution in [3.63, 3.8) is 0 Å². The molecule has 0 amide bonds. The summed E-state index contributed by atoms with van der Waals surface area (Å²) in [6, 6.07) is 0.433. The van der Waals surface area contributed by atoms with E-state index in [9.17, 15) is 4.79 Å². The van der Waals surface area contributed by atoms with Crippen LogP contribution in [-0.4, -0.2) is 48.2 Å². The van der Waals surface area contributed by atoms with E-state index in [1.54, 1.807) is 0 Å². The zero-order chi connectivity index (χ0) is 11.5. The van der Waals surface area contributed by atoms with Gasteiger partial charge >= 0.3 is 5.97 Å². The Bertz CT molecular complexity index is 249. The van der Waals surface area contributed by atoms with Crippen LogP contribution in [0.25, 0.3) is 0 Å². The normalized spacial score (nSPS) is 33.8. The summed E-state index contributed by atoms with van der Waals surface area (Å²) in [5.41, 5.74) is 0. The minimum absolute atomic E-state index is 0.196. The Labute approximate surface area is 97.0 Å². The smallest absolute Gasteiger partial charge is 0.307 e. The maximum Gasteiger partial charge on any atom is 0.307 e. The van der Waals surface area contributed by atoms with Crippen molar-refractivity contribution < 1.29 is 9.90 Å². The lowest BCUT2D eigenvalue weighted by atomic mass is 9.91. The second-order valence-electron chi connectivity index (χ2n) is 5.30. The van der Waals surface area contributed by atoms with Gasteiger partial charge in [-0.15, -0.1) is 0 Å². The van der Waals surface area contributed by atoms with Crippen molar-refractivity contribution in [2.75, 3.05) is 26.2 Å². The fourth-order valence-corrected chi connectivity index (χ4v) is 2.78. The third-order valence-corrected chi connectivity index (χ3v) is 4.01. The summed E-state index contributed by atoms with van der Waals surface area (Å²) in [4.78, 5) is 13.5. The number of nitrogens with zero attached hydrogens (tertiary/aromatic N) is 1. The van der Waals surface area contributed by atoms with Crippen LogP contribution < -0.4 is 5.32 Å². The molecule has 16 heavy (non-hydrogen) atoms. The van der Waals surface area contributed by atoms with Crippen molar-refractivity contribution >= 4 is 5.97 Å². The minimum atomic E-state index is -0.650. The number of nitrogens with one attached hydrogen (secondary N) is 1. The molecule has 0 aromatic carbocycles. The Morgan fingerprint density at radius 1 is 1.31 bits per heavy atom. The van der Waals surface area contributed by atoms with Crippen LogP contribution in [0.1, 0.15) is 26.2 Å². The van der Waals surface area contributed by atoms with Crippen molar-refractivity contribution in [3.8, 4) is 0 Å². The average molecular weight is 226 g/mol. The van der Waals surface area contributed by atoms with Gasteiger partial charge in [0.2, 0.25) is 0 Å². The molecule has 0 saturated carbocycles. The van der Waals surface area contributed by atoms with Gasteiger partial charge in [-0.3, -0.25) is 9.69 Å². The predicted octanol–water partition coefficient (Wildman–Crippen LogP) is 0.781. The van der Waals surface area contributed by atoms with Crippen LogP contribution in [0.3, 0.4) is 0 Å². The first-order chi connectivity index (χ1) is 7.66. The van der Waals surface area contributed by atoms with Crippen LogP contribution in [0.15, 0.2) is 0 Å². The lowest BCUT2D eigenvalue weighted by molar-refractivity contribution is -0.143. The molecule has 2 atom stereocenters. The molecular formula is C12H22N2O2. The topological polar surface area (TPSA) is 52.6 Å². The molecule has 0 radical (unpaired) electrons. The fourth-order valence-electron chi connectivity index (χ4n) is 2.78.